The second-order valence-corrected chi connectivity index (χ2v) is 6.48. The fraction of sp³-hybridized carbons (Fsp3) is 0.318. The summed E-state index contributed by atoms with van der Waals surface area (Å²) in [6.45, 7) is 1.35. The summed E-state index contributed by atoms with van der Waals surface area (Å²) < 4.78 is 21.1. The highest BCUT2D eigenvalue weighted by atomic mass is 16.5. The van der Waals surface area contributed by atoms with Gasteiger partial charge in [-0.05, 0) is 30.3 Å². The van der Waals surface area contributed by atoms with E-state index >= 15 is 0 Å². The highest BCUT2D eigenvalue weighted by Crippen LogP contribution is 2.31. The molecule has 0 aliphatic rings. The van der Waals surface area contributed by atoms with Gasteiger partial charge in [-0.3, -0.25) is 4.79 Å². The van der Waals surface area contributed by atoms with Gasteiger partial charge in [0.2, 0.25) is 11.7 Å². The van der Waals surface area contributed by atoms with Gasteiger partial charge in [0.25, 0.3) is 5.91 Å². The van der Waals surface area contributed by atoms with Crippen LogP contribution in [0.4, 0.5) is 0 Å². The van der Waals surface area contributed by atoms with E-state index in [1.807, 2.05) is 24.3 Å². The van der Waals surface area contributed by atoms with Crippen LogP contribution in [-0.2, 0) is 11.2 Å². The number of benzene rings is 2. The lowest BCUT2D eigenvalue weighted by molar-refractivity contribution is 0.0694. The van der Waals surface area contributed by atoms with E-state index in [2.05, 4.69) is 10.1 Å². The maximum Gasteiger partial charge on any atom is 0.253 e. The molecule has 0 N–H and O–H groups in total. The molecule has 0 radical (unpaired) electrons. The number of rotatable bonds is 10. The molecule has 0 aliphatic carbocycles. The Morgan fingerprint density at radius 3 is 2.47 bits per heavy atom. The van der Waals surface area contributed by atoms with Gasteiger partial charge in [0.1, 0.15) is 0 Å². The molecule has 0 saturated heterocycles. The average Bonchev–Trinajstić information content (AvgIpc) is 3.28. The molecule has 0 atom stereocenters. The van der Waals surface area contributed by atoms with Crippen LogP contribution in [0.1, 0.15) is 16.2 Å². The highest BCUT2D eigenvalue weighted by Gasteiger charge is 2.18. The first-order valence-electron chi connectivity index (χ1n) is 9.54. The Hall–Kier alpha value is -3.39. The monoisotopic (exact) mass is 411 g/mol. The van der Waals surface area contributed by atoms with Crippen LogP contribution in [-0.4, -0.2) is 62.0 Å². The fourth-order valence-corrected chi connectivity index (χ4v) is 2.96. The molecule has 30 heavy (non-hydrogen) atoms. The first kappa shape index (κ1) is 21.3. The molecule has 0 fully saturated rings. The van der Waals surface area contributed by atoms with Gasteiger partial charge in [0.15, 0.2) is 11.5 Å². The lowest BCUT2D eigenvalue weighted by atomic mass is 10.2. The minimum Gasteiger partial charge on any atom is -0.493 e. The fourth-order valence-electron chi connectivity index (χ4n) is 2.96. The van der Waals surface area contributed by atoms with Crippen molar-refractivity contribution >= 4 is 5.91 Å². The molecule has 0 spiro atoms. The number of methoxy groups -OCH3 is 3. The molecule has 3 aromatic rings. The summed E-state index contributed by atoms with van der Waals surface area (Å²) in [6.07, 6.45) is 0.433. The summed E-state index contributed by atoms with van der Waals surface area (Å²) in [5.41, 5.74) is 1.38. The SMILES string of the molecule is COCCN(CCc1nc(-c2ccc(OC)c(OC)c2)no1)C(=O)c1ccccc1. The lowest BCUT2D eigenvalue weighted by Gasteiger charge is -2.21. The van der Waals surface area contributed by atoms with E-state index in [4.69, 9.17) is 18.7 Å². The Labute approximate surface area is 175 Å². The standard InChI is InChI=1S/C22H25N3O5/c1-27-14-13-25(22(26)16-7-5-4-6-8-16)12-11-20-23-21(24-30-20)17-9-10-18(28-2)19(15-17)29-3/h4-10,15H,11-14H2,1-3H3. The van der Waals surface area contributed by atoms with Gasteiger partial charge in [-0.1, -0.05) is 23.4 Å². The predicted octanol–water partition coefficient (Wildman–Crippen LogP) is 3.09. The Bertz CT molecular complexity index is 958. The van der Waals surface area contributed by atoms with Crippen molar-refractivity contribution in [3.63, 3.8) is 0 Å². The van der Waals surface area contributed by atoms with Crippen LogP contribution >= 0.6 is 0 Å². The number of amides is 1. The molecule has 3 rings (SSSR count). The number of aromatic nitrogens is 2. The molecule has 158 valence electrons. The van der Waals surface area contributed by atoms with Crippen molar-refractivity contribution in [2.75, 3.05) is 41.0 Å². The van der Waals surface area contributed by atoms with Gasteiger partial charge < -0.3 is 23.6 Å². The Kier molecular flexibility index (Phi) is 7.40. The maximum absolute atomic E-state index is 12.8. The Balaban J connectivity index is 1.70. The Morgan fingerprint density at radius 2 is 1.77 bits per heavy atom. The summed E-state index contributed by atoms with van der Waals surface area (Å²) in [5, 5.41) is 4.05. The number of hydrogen-bond donors (Lipinski definition) is 0. The number of carbonyl (C=O) groups is 1. The second-order valence-electron chi connectivity index (χ2n) is 6.48. The number of carbonyl (C=O) groups excluding carboxylic acids is 1. The predicted molar refractivity (Wildman–Crippen MR) is 111 cm³/mol. The van der Waals surface area contributed by atoms with Crippen molar-refractivity contribution in [3.8, 4) is 22.9 Å². The van der Waals surface area contributed by atoms with E-state index in [1.165, 1.54) is 0 Å². The first-order chi connectivity index (χ1) is 14.7. The summed E-state index contributed by atoms with van der Waals surface area (Å²) >= 11 is 0. The molecule has 0 aliphatic heterocycles. The van der Waals surface area contributed by atoms with Crippen molar-refractivity contribution in [2.24, 2.45) is 0 Å². The van der Waals surface area contributed by atoms with Crippen molar-refractivity contribution in [3.05, 3.63) is 60.0 Å². The smallest absolute Gasteiger partial charge is 0.253 e. The molecule has 0 saturated carbocycles. The van der Waals surface area contributed by atoms with E-state index in [-0.39, 0.29) is 5.91 Å². The minimum absolute atomic E-state index is 0.0627. The minimum atomic E-state index is -0.0627. The quantitative estimate of drug-likeness (QED) is 0.507. The number of nitrogens with zero attached hydrogens (tertiary/aromatic N) is 3. The third-order valence-corrected chi connectivity index (χ3v) is 4.58. The molecule has 1 heterocycles. The third kappa shape index (κ3) is 5.15. The molecule has 8 heteroatoms. The molecule has 0 bridgehead atoms. The van der Waals surface area contributed by atoms with Crippen molar-refractivity contribution < 1.29 is 23.5 Å². The van der Waals surface area contributed by atoms with Crippen LogP contribution in [0.15, 0.2) is 53.1 Å². The van der Waals surface area contributed by atoms with E-state index in [0.29, 0.717) is 54.9 Å². The second kappa shape index (κ2) is 10.4. The summed E-state index contributed by atoms with van der Waals surface area (Å²) in [7, 11) is 4.76. The summed E-state index contributed by atoms with van der Waals surface area (Å²) in [4.78, 5) is 19.0. The largest absolute Gasteiger partial charge is 0.493 e. The van der Waals surface area contributed by atoms with E-state index in [9.17, 15) is 4.79 Å². The van der Waals surface area contributed by atoms with Crippen LogP contribution in [0.25, 0.3) is 11.4 Å². The zero-order valence-electron chi connectivity index (χ0n) is 17.3. The van der Waals surface area contributed by atoms with Gasteiger partial charge in [0.05, 0.1) is 20.8 Å². The van der Waals surface area contributed by atoms with Crippen molar-refractivity contribution in [1.29, 1.82) is 0 Å². The van der Waals surface area contributed by atoms with E-state index in [1.54, 1.807) is 50.5 Å². The first-order valence-corrected chi connectivity index (χ1v) is 9.54. The molecule has 0 unspecified atom stereocenters. The summed E-state index contributed by atoms with van der Waals surface area (Å²) in [6, 6.07) is 14.6. The van der Waals surface area contributed by atoms with E-state index < -0.39 is 0 Å². The van der Waals surface area contributed by atoms with E-state index in [0.717, 1.165) is 5.56 Å². The highest BCUT2D eigenvalue weighted by molar-refractivity contribution is 5.94. The molecule has 1 amide bonds. The lowest BCUT2D eigenvalue weighted by Crippen LogP contribution is -2.35. The number of hydrogen-bond acceptors (Lipinski definition) is 7. The normalized spacial score (nSPS) is 10.6. The van der Waals surface area contributed by atoms with Crippen LogP contribution in [0.3, 0.4) is 0 Å². The van der Waals surface area contributed by atoms with Crippen LogP contribution in [0.5, 0.6) is 11.5 Å². The van der Waals surface area contributed by atoms with Crippen LogP contribution in [0.2, 0.25) is 0 Å². The van der Waals surface area contributed by atoms with Crippen LogP contribution in [0, 0.1) is 0 Å². The van der Waals surface area contributed by atoms with Gasteiger partial charge in [-0.15, -0.1) is 0 Å². The van der Waals surface area contributed by atoms with Crippen molar-refractivity contribution in [1.82, 2.24) is 15.0 Å². The number of ether oxygens (including phenoxy) is 3. The molecular weight excluding hydrogens is 386 g/mol. The zero-order chi connectivity index (χ0) is 21.3. The average molecular weight is 411 g/mol. The molecule has 1 aromatic heterocycles. The van der Waals surface area contributed by atoms with Gasteiger partial charge in [-0.25, -0.2) is 0 Å². The summed E-state index contributed by atoms with van der Waals surface area (Å²) in [5.74, 6) is 2.04. The zero-order valence-corrected chi connectivity index (χ0v) is 17.3. The maximum atomic E-state index is 12.8. The van der Waals surface area contributed by atoms with Crippen LogP contribution < -0.4 is 9.47 Å². The third-order valence-electron chi connectivity index (χ3n) is 4.58. The topological polar surface area (TPSA) is 86.9 Å². The van der Waals surface area contributed by atoms with Gasteiger partial charge >= 0.3 is 0 Å². The Morgan fingerprint density at radius 1 is 1.00 bits per heavy atom. The molecular formula is C22H25N3O5. The van der Waals surface area contributed by atoms with Crippen molar-refractivity contribution in [2.45, 2.75) is 6.42 Å². The van der Waals surface area contributed by atoms with Gasteiger partial charge in [-0.2, -0.15) is 4.98 Å². The molecule has 2 aromatic carbocycles. The van der Waals surface area contributed by atoms with Gasteiger partial charge in [0, 0.05) is 37.7 Å². The molecule has 8 nitrogen and oxygen atoms in total.